The van der Waals surface area contributed by atoms with Gasteiger partial charge < -0.3 is 19.5 Å². The molecule has 0 saturated carbocycles. The number of hydrogen-bond acceptors (Lipinski definition) is 6. The van der Waals surface area contributed by atoms with E-state index in [1.54, 1.807) is 66.7 Å². The van der Waals surface area contributed by atoms with Gasteiger partial charge in [-0.25, -0.2) is 5.43 Å². The lowest BCUT2D eigenvalue weighted by atomic mass is 10.2. The lowest BCUT2D eigenvalue weighted by Crippen LogP contribution is -2.42. The van der Waals surface area contributed by atoms with Gasteiger partial charge in [-0.15, -0.1) is 0 Å². The van der Waals surface area contributed by atoms with Crippen LogP contribution in [-0.4, -0.2) is 37.3 Å². The Morgan fingerprint density at radius 2 is 1.85 bits per heavy atom. The Morgan fingerprint density at radius 3 is 2.64 bits per heavy atom. The van der Waals surface area contributed by atoms with Gasteiger partial charge in [0.05, 0.1) is 6.21 Å². The third kappa shape index (κ3) is 6.24. The molecule has 0 aliphatic carbocycles. The highest BCUT2D eigenvalue weighted by Gasteiger charge is 2.26. The van der Waals surface area contributed by atoms with Gasteiger partial charge in [-0.05, 0) is 60.2 Å². The lowest BCUT2D eigenvalue weighted by molar-refractivity contribution is -0.130. The summed E-state index contributed by atoms with van der Waals surface area (Å²) in [5.41, 5.74) is 3.78. The average Bonchev–Trinajstić information content (AvgIpc) is 2.83. The molecule has 8 nitrogen and oxygen atoms in total. The molecule has 0 saturated heterocycles. The zero-order valence-electron chi connectivity index (χ0n) is 17.4. The van der Waals surface area contributed by atoms with Gasteiger partial charge in [-0.2, -0.15) is 5.10 Å². The number of para-hydroxylation sites is 2. The minimum atomic E-state index is -0.786. The summed E-state index contributed by atoms with van der Waals surface area (Å²) in [6.45, 7) is -0.0438. The number of fused-ring (bicyclic) bond motifs is 1. The second kappa shape index (κ2) is 10.5. The van der Waals surface area contributed by atoms with Crippen molar-refractivity contribution in [1.82, 2.24) is 5.43 Å². The van der Waals surface area contributed by atoms with Crippen LogP contribution >= 0.6 is 11.6 Å². The molecule has 4 rings (SSSR count). The number of nitrogens with one attached hydrogen (secondary N) is 2. The highest BCUT2D eigenvalue weighted by Crippen LogP contribution is 2.30. The van der Waals surface area contributed by atoms with Crippen molar-refractivity contribution in [1.29, 1.82) is 0 Å². The molecule has 0 unspecified atom stereocenters. The maximum atomic E-state index is 12.3. The van der Waals surface area contributed by atoms with Gasteiger partial charge >= 0.3 is 0 Å². The van der Waals surface area contributed by atoms with E-state index in [-0.39, 0.29) is 19.1 Å². The lowest BCUT2D eigenvalue weighted by Gasteiger charge is -2.24. The van der Waals surface area contributed by atoms with Crippen molar-refractivity contribution in [2.75, 3.05) is 18.5 Å². The van der Waals surface area contributed by atoms with E-state index in [4.69, 9.17) is 25.8 Å². The normalized spacial score (nSPS) is 14.5. The molecule has 3 aromatic rings. The monoisotopic (exact) mass is 465 g/mol. The Labute approximate surface area is 195 Å². The molecule has 2 N–H and O–H groups in total. The van der Waals surface area contributed by atoms with E-state index in [2.05, 4.69) is 15.8 Å². The number of anilines is 1. The third-order valence-electron chi connectivity index (χ3n) is 4.55. The number of nitrogens with zero attached hydrogens (tertiary/aromatic N) is 1. The summed E-state index contributed by atoms with van der Waals surface area (Å²) in [6, 6.07) is 20.9. The molecule has 9 heteroatoms. The van der Waals surface area contributed by atoms with Crippen LogP contribution in [0.1, 0.15) is 5.56 Å². The van der Waals surface area contributed by atoms with Crippen molar-refractivity contribution in [3.63, 3.8) is 0 Å². The SMILES string of the molecule is O=C(COc1ccc(/C=N\NC(=O)[C@@H]2COc3ccccc3O2)cc1)Nc1cccc(Cl)c1. The van der Waals surface area contributed by atoms with Gasteiger partial charge in [0.25, 0.3) is 11.8 Å². The number of hydrogen-bond donors (Lipinski definition) is 2. The summed E-state index contributed by atoms with van der Waals surface area (Å²) in [4.78, 5) is 24.3. The molecule has 2 amide bonds. The van der Waals surface area contributed by atoms with E-state index in [1.807, 2.05) is 6.07 Å². The highest BCUT2D eigenvalue weighted by molar-refractivity contribution is 6.30. The van der Waals surface area contributed by atoms with Crippen molar-refractivity contribution < 1.29 is 23.8 Å². The molecule has 0 bridgehead atoms. The van der Waals surface area contributed by atoms with E-state index in [9.17, 15) is 9.59 Å². The first kappa shape index (κ1) is 22.2. The predicted molar refractivity (Wildman–Crippen MR) is 124 cm³/mol. The van der Waals surface area contributed by atoms with Gasteiger partial charge in [0.1, 0.15) is 12.4 Å². The van der Waals surface area contributed by atoms with E-state index >= 15 is 0 Å². The van der Waals surface area contributed by atoms with E-state index in [0.717, 1.165) is 5.56 Å². The molecule has 1 aliphatic heterocycles. The number of amides is 2. The molecule has 1 aliphatic rings. The number of ether oxygens (including phenoxy) is 3. The second-order valence-corrected chi connectivity index (χ2v) is 7.45. The topological polar surface area (TPSA) is 98.2 Å². The van der Waals surface area contributed by atoms with Crippen LogP contribution in [0.15, 0.2) is 77.9 Å². The van der Waals surface area contributed by atoms with Crippen LogP contribution in [0.5, 0.6) is 17.2 Å². The number of benzene rings is 3. The predicted octanol–water partition coefficient (Wildman–Crippen LogP) is 3.65. The molecule has 1 heterocycles. The number of carbonyl (C=O) groups excluding carboxylic acids is 2. The summed E-state index contributed by atoms with van der Waals surface area (Å²) in [6.07, 6.45) is 0.705. The van der Waals surface area contributed by atoms with Crippen LogP contribution in [0.25, 0.3) is 0 Å². The smallest absolute Gasteiger partial charge is 0.284 e. The molecule has 33 heavy (non-hydrogen) atoms. The maximum Gasteiger partial charge on any atom is 0.284 e. The quantitative estimate of drug-likeness (QED) is 0.410. The van der Waals surface area contributed by atoms with Crippen molar-refractivity contribution in [2.45, 2.75) is 6.10 Å². The third-order valence-corrected chi connectivity index (χ3v) is 4.78. The molecular formula is C24H20ClN3O5. The second-order valence-electron chi connectivity index (χ2n) is 7.01. The van der Waals surface area contributed by atoms with Gasteiger partial charge in [0.2, 0.25) is 6.10 Å². The number of halogens is 1. The van der Waals surface area contributed by atoms with Gasteiger partial charge in [0.15, 0.2) is 18.1 Å². The standard InChI is InChI=1S/C24H20ClN3O5/c25-17-4-3-5-18(12-17)27-23(29)15-31-19-10-8-16(9-11-19)13-26-28-24(30)22-14-32-20-6-1-2-7-21(20)33-22/h1-13,22H,14-15H2,(H,27,29)(H,28,30)/b26-13-/t22-/m0/s1. The van der Waals surface area contributed by atoms with E-state index < -0.39 is 12.0 Å². The Morgan fingerprint density at radius 1 is 1.06 bits per heavy atom. The van der Waals surface area contributed by atoms with Crippen molar-refractivity contribution in [3.05, 3.63) is 83.4 Å². The summed E-state index contributed by atoms with van der Waals surface area (Å²) in [5.74, 6) is 0.927. The molecule has 1 atom stereocenters. The fraction of sp³-hybridized carbons (Fsp3) is 0.125. The van der Waals surface area contributed by atoms with Crippen LogP contribution in [0.3, 0.4) is 0 Å². The molecule has 0 spiro atoms. The minimum absolute atomic E-state index is 0.106. The van der Waals surface area contributed by atoms with E-state index in [1.165, 1.54) is 6.21 Å². The van der Waals surface area contributed by atoms with Gasteiger partial charge in [0, 0.05) is 10.7 Å². The molecule has 0 aromatic heterocycles. The minimum Gasteiger partial charge on any atom is -0.485 e. The maximum absolute atomic E-state index is 12.3. The zero-order valence-corrected chi connectivity index (χ0v) is 18.1. The van der Waals surface area contributed by atoms with Crippen LogP contribution < -0.4 is 25.0 Å². The van der Waals surface area contributed by atoms with Crippen LogP contribution in [0, 0.1) is 0 Å². The first-order chi connectivity index (χ1) is 16.1. The van der Waals surface area contributed by atoms with Crippen LogP contribution in [0.2, 0.25) is 5.02 Å². The van der Waals surface area contributed by atoms with Crippen LogP contribution in [0.4, 0.5) is 5.69 Å². The average molecular weight is 466 g/mol. The Hall–Kier alpha value is -4.04. The van der Waals surface area contributed by atoms with Gasteiger partial charge in [-0.3, -0.25) is 9.59 Å². The summed E-state index contributed by atoms with van der Waals surface area (Å²) in [5, 5.41) is 7.20. The first-order valence-electron chi connectivity index (χ1n) is 10.1. The van der Waals surface area contributed by atoms with Crippen molar-refractivity contribution in [2.24, 2.45) is 5.10 Å². The molecular weight excluding hydrogens is 446 g/mol. The number of rotatable bonds is 7. The molecule has 0 fully saturated rings. The van der Waals surface area contributed by atoms with Crippen molar-refractivity contribution in [3.8, 4) is 17.2 Å². The summed E-state index contributed by atoms with van der Waals surface area (Å²) >= 11 is 5.90. The Balaban J connectivity index is 1.22. The molecule has 0 radical (unpaired) electrons. The Kier molecular flexibility index (Phi) is 7.06. The van der Waals surface area contributed by atoms with Crippen LogP contribution in [-0.2, 0) is 9.59 Å². The number of hydrazone groups is 1. The molecule has 3 aromatic carbocycles. The molecule has 168 valence electrons. The van der Waals surface area contributed by atoms with E-state index in [0.29, 0.717) is 28.0 Å². The highest BCUT2D eigenvalue weighted by atomic mass is 35.5. The largest absolute Gasteiger partial charge is 0.485 e. The summed E-state index contributed by atoms with van der Waals surface area (Å²) < 4.78 is 16.6. The Bertz CT molecular complexity index is 1170. The fourth-order valence-corrected chi connectivity index (χ4v) is 3.14. The summed E-state index contributed by atoms with van der Waals surface area (Å²) in [7, 11) is 0. The van der Waals surface area contributed by atoms with Gasteiger partial charge in [-0.1, -0.05) is 29.8 Å². The fourth-order valence-electron chi connectivity index (χ4n) is 2.95. The number of carbonyl (C=O) groups is 2. The first-order valence-corrected chi connectivity index (χ1v) is 10.4. The van der Waals surface area contributed by atoms with Crippen molar-refractivity contribution >= 4 is 35.3 Å². The zero-order chi connectivity index (χ0) is 23.0.